The Balaban J connectivity index is 1.53. The summed E-state index contributed by atoms with van der Waals surface area (Å²) in [6, 6.07) is 3.68. The van der Waals surface area contributed by atoms with Gasteiger partial charge in [0.05, 0.1) is 19.4 Å². The summed E-state index contributed by atoms with van der Waals surface area (Å²) in [5.41, 5.74) is 0. The fourth-order valence-electron chi connectivity index (χ4n) is 3.13. The zero-order chi connectivity index (χ0) is 16.9. The third-order valence-corrected chi connectivity index (χ3v) is 5.05. The van der Waals surface area contributed by atoms with Crippen molar-refractivity contribution in [2.45, 2.75) is 30.5 Å². The standard InChI is InChI=1S/C16H23N5O2S/c1-20-15(18-19-16(20)24-2)12-5-3-7-21(10-12)11-14(22)17-9-13-6-4-8-23-13/h4,6,8,12H,3,5,7,9-11H2,1-2H3,(H,17,22). The van der Waals surface area contributed by atoms with E-state index in [1.165, 1.54) is 0 Å². The maximum Gasteiger partial charge on any atom is 0.234 e. The van der Waals surface area contributed by atoms with Gasteiger partial charge in [-0.15, -0.1) is 10.2 Å². The van der Waals surface area contributed by atoms with Crippen molar-refractivity contribution in [1.29, 1.82) is 0 Å². The first-order chi connectivity index (χ1) is 11.7. The van der Waals surface area contributed by atoms with Gasteiger partial charge in [0.1, 0.15) is 11.6 Å². The molecule has 24 heavy (non-hydrogen) atoms. The van der Waals surface area contributed by atoms with E-state index in [1.54, 1.807) is 18.0 Å². The lowest BCUT2D eigenvalue weighted by Crippen LogP contribution is -2.42. The largest absolute Gasteiger partial charge is 0.467 e. The molecule has 1 amide bonds. The maximum absolute atomic E-state index is 12.1. The lowest BCUT2D eigenvalue weighted by Gasteiger charge is -2.31. The highest BCUT2D eigenvalue weighted by atomic mass is 32.2. The Labute approximate surface area is 145 Å². The number of carbonyl (C=O) groups excluding carboxylic acids is 1. The number of furan rings is 1. The van der Waals surface area contributed by atoms with E-state index in [-0.39, 0.29) is 5.91 Å². The molecule has 3 rings (SSSR count). The Hall–Kier alpha value is -1.80. The molecule has 1 fully saturated rings. The number of carbonyl (C=O) groups is 1. The first-order valence-corrected chi connectivity index (χ1v) is 9.34. The molecule has 0 aromatic carbocycles. The minimum Gasteiger partial charge on any atom is -0.467 e. The molecule has 0 saturated carbocycles. The fourth-order valence-corrected chi connectivity index (χ4v) is 3.62. The molecular formula is C16H23N5O2S. The van der Waals surface area contributed by atoms with Crippen LogP contribution >= 0.6 is 11.8 Å². The summed E-state index contributed by atoms with van der Waals surface area (Å²) >= 11 is 1.60. The Bertz CT molecular complexity index is 670. The fraction of sp³-hybridized carbons (Fsp3) is 0.562. The number of likely N-dealkylation sites (tertiary alicyclic amines) is 1. The van der Waals surface area contributed by atoms with Crippen LogP contribution < -0.4 is 5.32 Å². The van der Waals surface area contributed by atoms with Gasteiger partial charge in [-0.3, -0.25) is 9.69 Å². The Kier molecular flexibility index (Phi) is 5.57. The molecule has 1 saturated heterocycles. The molecule has 0 aliphatic carbocycles. The van der Waals surface area contributed by atoms with Gasteiger partial charge >= 0.3 is 0 Å². The van der Waals surface area contributed by atoms with E-state index in [9.17, 15) is 4.79 Å². The molecule has 1 atom stereocenters. The molecule has 1 N–H and O–H groups in total. The summed E-state index contributed by atoms with van der Waals surface area (Å²) in [4.78, 5) is 14.3. The quantitative estimate of drug-likeness (QED) is 0.799. The number of piperidine rings is 1. The van der Waals surface area contributed by atoms with Crippen molar-refractivity contribution in [3.8, 4) is 0 Å². The van der Waals surface area contributed by atoms with E-state index in [0.29, 0.717) is 19.0 Å². The zero-order valence-electron chi connectivity index (χ0n) is 14.1. The van der Waals surface area contributed by atoms with Gasteiger partial charge < -0.3 is 14.3 Å². The van der Waals surface area contributed by atoms with Crippen molar-refractivity contribution in [3.05, 3.63) is 30.0 Å². The predicted molar refractivity (Wildman–Crippen MR) is 91.8 cm³/mol. The predicted octanol–water partition coefficient (Wildman–Crippen LogP) is 1.63. The number of aromatic nitrogens is 3. The van der Waals surface area contributed by atoms with Crippen molar-refractivity contribution in [3.63, 3.8) is 0 Å². The summed E-state index contributed by atoms with van der Waals surface area (Å²) in [5.74, 6) is 2.13. The Morgan fingerprint density at radius 2 is 2.38 bits per heavy atom. The third-order valence-electron chi connectivity index (χ3n) is 4.33. The molecule has 130 valence electrons. The molecule has 2 aromatic heterocycles. The molecule has 8 heteroatoms. The number of amides is 1. The number of nitrogens with one attached hydrogen (secondary N) is 1. The minimum atomic E-state index is 0.0230. The van der Waals surface area contributed by atoms with Gasteiger partial charge in [0, 0.05) is 19.5 Å². The lowest BCUT2D eigenvalue weighted by atomic mass is 9.97. The number of hydrogen-bond donors (Lipinski definition) is 1. The molecule has 1 aliphatic heterocycles. The number of hydrogen-bond acceptors (Lipinski definition) is 6. The summed E-state index contributed by atoms with van der Waals surface area (Å²) in [5, 5.41) is 12.4. The van der Waals surface area contributed by atoms with E-state index >= 15 is 0 Å². The smallest absolute Gasteiger partial charge is 0.234 e. The van der Waals surface area contributed by atoms with Crippen molar-refractivity contribution >= 4 is 17.7 Å². The maximum atomic E-state index is 12.1. The van der Waals surface area contributed by atoms with Crippen LogP contribution in [0.25, 0.3) is 0 Å². The van der Waals surface area contributed by atoms with Crippen LogP contribution in [-0.4, -0.2) is 51.5 Å². The first kappa shape index (κ1) is 17.0. The Morgan fingerprint density at radius 1 is 1.50 bits per heavy atom. The van der Waals surface area contributed by atoms with Crippen molar-refractivity contribution in [2.75, 3.05) is 25.9 Å². The Morgan fingerprint density at radius 3 is 3.08 bits per heavy atom. The number of thioether (sulfide) groups is 1. The molecule has 3 heterocycles. The van der Waals surface area contributed by atoms with E-state index in [2.05, 4.69) is 25.0 Å². The van der Waals surface area contributed by atoms with E-state index in [1.807, 2.05) is 25.4 Å². The van der Waals surface area contributed by atoms with Crippen LogP contribution in [0.15, 0.2) is 28.0 Å². The van der Waals surface area contributed by atoms with Crippen LogP contribution in [0.5, 0.6) is 0 Å². The topological polar surface area (TPSA) is 76.2 Å². The van der Waals surface area contributed by atoms with Gasteiger partial charge in [-0.05, 0) is 37.8 Å². The van der Waals surface area contributed by atoms with Gasteiger partial charge in [-0.2, -0.15) is 0 Å². The molecule has 0 radical (unpaired) electrons. The molecule has 1 unspecified atom stereocenters. The van der Waals surface area contributed by atoms with Crippen LogP contribution in [0.1, 0.15) is 30.3 Å². The summed E-state index contributed by atoms with van der Waals surface area (Å²) in [7, 11) is 2.01. The highest BCUT2D eigenvalue weighted by molar-refractivity contribution is 7.98. The van der Waals surface area contributed by atoms with Crippen molar-refractivity contribution in [2.24, 2.45) is 7.05 Å². The number of rotatable bonds is 6. The van der Waals surface area contributed by atoms with Crippen LogP contribution in [0.2, 0.25) is 0 Å². The van der Waals surface area contributed by atoms with Gasteiger partial charge in [0.2, 0.25) is 5.91 Å². The average molecular weight is 349 g/mol. The SMILES string of the molecule is CSc1nnc(C2CCCN(CC(=O)NCc3ccco3)C2)n1C. The minimum absolute atomic E-state index is 0.0230. The van der Waals surface area contributed by atoms with Crippen molar-refractivity contribution < 1.29 is 9.21 Å². The van der Waals surface area contributed by atoms with Crippen molar-refractivity contribution in [1.82, 2.24) is 25.0 Å². The second kappa shape index (κ2) is 7.85. The van der Waals surface area contributed by atoms with Crippen LogP contribution in [0.4, 0.5) is 0 Å². The highest BCUT2D eigenvalue weighted by Gasteiger charge is 2.26. The van der Waals surface area contributed by atoms with Gasteiger partial charge in [-0.25, -0.2) is 0 Å². The van der Waals surface area contributed by atoms with E-state index < -0.39 is 0 Å². The second-order valence-corrected chi connectivity index (χ2v) is 6.81. The van der Waals surface area contributed by atoms with Gasteiger partial charge in [0.25, 0.3) is 0 Å². The molecule has 0 spiro atoms. The third kappa shape index (κ3) is 3.99. The molecule has 1 aliphatic rings. The molecule has 0 bridgehead atoms. The normalized spacial score (nSPS) is 18.7. The van der Waals surface area contributed by atoms with Gasteiger partial charge in [-0.1, -0.05) is 11.8 Å². The summed E-state index contributed by atoms with van der Waals surface area (Å²) in [6.07, 6.45) is 5.77. The van der Waals surface area contributed by atoms with Gasteiger partial charge in [0.15, 0.2) is 5.16 Å². The van der Waals surface area contributed by atoms with Crippen LogP contribution in [-0.2, 0) is 18.4 Å². The van der Waals surface area contributed by atoms with Crippen LogP contribution in [0.3, 0.4) is 0 Å². The highest BCUT2D eigenvalue weighted by Crippen LogP contribution is 2.27. The zero-order valence-corrected chi connectivity index (χ0v) is 14.9. The lowest BCUT2D eigenvalue weighted by molar-refractivity contribution is -0.122. The summed E-state index contributed by atoms with van der Waals surface area (Å²) in [6.45, 7) is 2.63. The van der Waals surface area contributed by atoms with E-state index in [0.717, 1.165) is 42.7 Å². The second-order valence-electron chi connectivity index (χ2n) is 6.03. The average Bonchev–Trinajstić information content (AvgIpc) is 3.22. The molecule has 2 aromatic rings. The molecular weight excluding hydrogens is 326 g/mol. The van der Waals surface area contributed by atoms with E-state index in [4.69, 9.17) is 4.42 Å². The monoisotopic (exact) mass is 349 g/mol. The molecule has 7 nitrogen and oxygen atoms in total. The summed E-state index contributed by atoms with van der Waals surface area (Å²) < 4.78 is 7.29. The first-order valence-electron chi connectivity index (χ1n) is 8.12. The number of nitrogens with zero attached hydrogens (tertiary/aromatic N) is 4. The van der Waals surface area contributed by atoms with Crippen LogP contribution in [0, 0.1) is 0 Å².